The molecule has 1 rings (SSSR count). The Balaban J connectivity index is 2.35. The summed E-state index contributed by atoms with van der Waals surface area (Å²) in [5.74, 6) is 0. The average molecular weight is 204 g/mol. The topological polar surface area (TPSA) is 27.7 Å². The molecule has 1 fully saturated rings. The van der Waals surface area contributed by atoms with Gasteiger partial charge in [-0.3, -0.25) is 0 Å². The fraction of sp³-hybridized carbons (Fsp3) is 1.00. The SMILES string of the molecule is CO[Si](C)(OC)OC1CCCCC1. The summed E-state index contributed by atoms with van der Waals surface area (Å²) in [4.78, 5) is 0. The number of hydrogen-bond acceptors (Lipinski definition) is 3. The Bertz CT molecular complexity index is 142. The molecule has 0 N–H and O–H groups in total. The van der Waals surface area contributed by atoms with E-state index in [-0.39, 0.29) is 0 Å². The molecule has 0 radical (unpaired) electrons. The van der Waals surface area contributed by atoms with Gasteiger partial charge in [-0.1, -0.05) is 19.3 Å². The van der Waals surface area contributed by atoms with Crippen LogP contribution in [0.5, 0.6) is 0 Å². The molecular formula is C9H20O3Si. The molecule has 1 saturated carbocycles. The van der Waals surface area contributed by atoms with Gasteiger partial charge in [0.25, 0.3) is 0 Å². The lowest BCUT2D eigenvalue weighted by Gasteiger charge is -2.30. The van der Waals surface area contributed by atoms with Crippen molar-refractivity contribution in [3.05, 3.63) is 0 Å². The minimum absolute atomic E-state index is 0.366. The average Bonchev–Trinajstić information content (AvgIpc) is 2.19. The van der Waals surface area contributed by atoms with Crippen LogP contribution in [0.15, 0.2) is 0 Å². The summed E-state index contributed by atoms with van der Waals surface area (Å²) in [6, 6.07) is 0. The van der Waals surface area contributed by atoms with Crippen molar-refractivity contribution >= 4 is 8.80 Å². The van der Waals surface area contributed by atoms with Crippen LogP contribution < -0.4 is 0 Å². The summed E-state index contributed by atoms with van der Waals surface area (Å²) in [6.45, 7) is 1.95. The monoisotopic (exact) mass is 204 g/mol. The van der Waals surface area contributed by atoms with Crippen molar-refractivity contribution in [2.24, 2.45) is 0 Å². The predicted octanol–water partition coefficient (Wildman–Crippen LogP) is 2.20. The molecule has 0 heterocycles. The highest BCUT2D eigenvalue weighted by Crippen LogP contribution is 2.23. The summed E-state index contributed by atoms with van der Waals surface area (Å²) < 4.78 is 16.4. The third-order valence-electron chi connectivity index (χ3n) is 2.67. The smallest absolute Gasteiger partial charge is 0.377 e. The maximum absolute atomic E-state index is 5.87. The molecule has 0 saturated heterocycles. The molecule has 0 aliphatic heterocycles. The molecule has 0 spiro atoms. The van der Waals surface area contributed by atoms with Gasteiger partial charge >= 0.3 is 8.80 Å². The number of hydrogen-bond donors (Lipinski definition) is 0. The largest absolute Gasteiger partial charge is 0.497 e. The Hall–Kier alpha value is 0.0969. The van der Waals surface area contributed by atoms with E-state index in [2.05, 4.69) is 0 Å². The second kappa shape index (κ2) is 5.10. The first-order valence-electron chi connectivity index (χ1n) is 4.98. The molecule has 1 aliphatic rings. The first-order chi connectivity index (χ1) is 6.20. The first kappa shape index (κ1) is 11.2. The Morgan fingerprint density at radius 2 is 1.54 bits per heavy atom. The van der Waals surface area contributed by atoms with Crippen molar-refractivity contribution in [3.8, 4) is 0 Å². The van der Waals surface area contributed by atoms with Crippen molar-refractivity contribution in [3.63, 3.8) is 0 Å². The molecule has 0 aromatic carbocycles. The second-order valence-corrected chi connectivity index (χ2v) is 6.43. The van der Waals surface area contributed by atoms with Gasteiger partial charge < -0.3 is 13.3 Å². The minimum Gasteiger partial charge on any atom is -0.377 e. The quantitative estimate of drug-likeness (QED) is 0.657. The summed E-state index contributed by atoms with van der Waals surface area (Å²) >= 11 is 0. The maximum atomic E-state index is 5.87. The third-order valence-corrected chi connectivity index (χ3v) is 4.92. The van der Waals surface area contributed by atoms with E-state index in [1.54, 1.807) is 14.2 Å². The van der Waals surface area contributed by atoms with Gasteiger partial charge in [0, 0.05) is 26.9 Å². The highest BCUT2D eigenvalue weighted by Gasteiger charge is 2.35. The van der Waals surface area contributed by atoms with E-state index in [0.29, 0.717) is 6.10 Å². The van der Waals surface area contributed by atoms with Crippen LogP contribution in [0.2, 0.25) is 6.55 Å². The van der Waals surface area contributed by atoms with E-state index in [1.807, 2.05) is 6.55 Å². The fourth-order valence-electron chi connectivity index (χ4n) is 1.67. The van der Waals surface area contributed by atoms with Crippen molar-refractivity contribution in [2.45, 2.75) is 44.8 Å². The van der Waals surface area contributed by atoms with E-state index in [1.165, 1.54) is 19.3 Å². The lowest BCUT2D eigenvalue weighted by atomic mass is 9.98. The Morgan fingerprint density at radius 3 is 2.00 bits per heavy atom. The van der Waals surface area contributed by atoms with Crippen LogP contribution in [0.25, 0.3) is 0 Å². The molecule has 0 aromatic rings. The van der Waals surface area contributed by atoms with Crippen LogP contribution in [0.1, 0.15) is 32.1 Å². The van der Waals surface area contributed by atoms with Gasteiger partial charge in [-0.05, 0) is 12.8 Å². The summed E-state index contributed by atoms with van der Waals surface area (Å²) in [5, 5.41) is 0. The first-order valence-corrected chi connectivity index (χ1v) is 7.21. The number of rotatable bonds is 4. The van der Waals surface area contributed by atoms with E-state index < -0.39 is 8.80 Å². The zero-order valence-corrected chi connectivity index (χ0v) is 9.84. The van der Waals surface area contributed by atoms with Gasteiger partial charge in [0.1, 0.15) is 0 Å². The normalized spacial score (nSPS) is 20.5. The molecular weight excluding hydrogens is 184 g/mol. The molecule has 13 heavy (non-hydrogen) atoms. The zero-order valence-electron chi connectivity index (χ0n) is 8.84. The zero-order chi connectivity index (χ0) is 9.73. The van der Waals surface area contributed by atoms with Crippen LogP contribution in [0.4, 0.5) is 0 Å². The lowest BCUT2D eigenvalue weighted by molar-refractivity contribution is 0.0434. The Labute approximate surface area is 81.7 Å². The predicted molar refractivity (Wildman–Crippen MR) is 53.6 cm³/mol. The molecule has 0 bridgehead atoms. The molecule has 0 amide bonds. The molecule has 0 atom stereocenters. The van der Waals surface area contributed by atoms with Gasteiger partial charge in [-0.2, -0.15) is 0 Å². The van der Waals surface area contributed by atoms with Crippen molar-refractivity contribution < 1.29 is 13.3 Å². The molecule has 1 aliphatic carbocycles. The molecule has 78 valence electrons. The standard InChI is InChI=1S/C9H20O3Si/c1-10-13(3,11-2)12-9-7-5-4-6-8-9/h9H,4-8H2,1-3H3. The van der Waals surface area contributed by atoms with Crippen molar-refractivity contribution in [2.75, 3.05) is 14.2 Å². The van der Waals surface area contributed by atoms with Gasteiger partial charge in [-0.25, -0.2) is 0 Å². The summed E-state index contributed by atoms with van der Waals surface area (Å²) in [6.07, 6.45) is 6.60. The summed E-state index contributed by atoms with van der Waals surface area (Å²) in [7, 11) is 1.05. The van der Waals surface area contributed by atoms with Crippen LogP contribution >= 0.6 is 0 Å². The second-order valence-electron chi connectivity index (χ2n) is 3.65. The van der Waals surface area contributed by atoms with E-state index in [9.17, 15) is 0 Å². The van der Waals surface area contributed by atoms with Crippen LogP contribution in [0.3, 0.4) is 0 Å². The van der Waals surface area contributed by atoms with E-state index >= 15 is 0 Å². The highest BCUT2D eigenvalue weighted by atomic mass is 28.4. The third kappa shape index (κ3) is 3.38. The summed E-state index contributed by atoms with van der Waals surface area (Å²) in [5.41, 5.74) is 0. The molecule has 4 heteroatoms. The molecule has 0 aromatic heterocycles. The highest BCUT2D eigenvalue weighted by molar-refractivity contribution is 6.59. The van der Waals surface area contributed by atoms with E-state index in [0.717, 1.165) is 12.8 Å². The van der Waals surface area contributed by atoms with Crippen LogP contribution in [-0.2, 0) is 13.3 Å². The molecule has 0 unspecified atom stereocenters. The van der Waals surface area contributed by atoms with E-state index in [4.69, 9.17) is 13.3 Å². The van der Waals surface area contributed by atoms with Crippen LogP contribution in [-0.4, -0.2) is 29.1 Å². The lowest BCUT2D eigenvalue weighted by Crippen LogP contribution is -2.44. The minimum atomic E-state index is -2.28. The maximum Gasteiger partial charge on any atom is 0.497 e. The Kier molecular flexibility index (Phi) is 4.38. The van der Waals surface area contributed by atoms with Gasteiger partial charge in [-0.15, -0.1) is 0 Å². The molecule has 3 nitrogen and oxygen atoms in total. The van der Waals surface area contributed by atoms with Gasteiger partial charge in [0.15, 0.2) is 0 Å². The Morgan fingerprint density at radius 1 is 1.00 bits per heavy atom. The van der Waals surface area contributed by atoms with Crippen molar-refractivity contribution in [1.29, 1.82) is 0 Å². The van der Waals surface area contributed by atoms with Crippen molar-refractivity contribution in [1.82, 2.24) is 0 Å². The van der Waals surface area contributed by atoms with Gasteiger partial charge in [0.05, 0.1) is 0 Å². The van der Waals surface area contributed by atoms with Crippen LogP contribution in [0, 0.1) is 0 Å². The fourth-order valence-corrected chi connectivity index (χ4v) is 2.87. The van der Waals surface area contributed by atoms with Gasteiger partial charge in [0.2, 0.25) is 0 Å².